The maximum absolute atomic E-state index is 12.4. The fourth-order valence-electron chi connectivity index (χ4n) is 2.47. The topological polar surface area (TPSA) is 41.6 Å². The molecule has 2 atom stereocenters. The number of carbonyl (C=O) groups is 1. The van der Waals surface area contributed by atoms with Gasteiger partial charge in [0.2, 0.25) is 5.91 Å². The van der Waals surface area contributed by atoms with E-state index in [0.717, 1.165) is 32.3 Å². The molecule has 0 aromatic heterocycles. The Morgan fingerprint density at radius 2 is 2.00 bits per heavy atom. The summed E-state index contributed by atoms with van der Waals surface area (Å²) in [5.74, 6) is 0.588. The Morgan fingerprint density at radius 1 is 1.26 bits per heavy atom. The summed E-state index contributed by atoms with van der Waals surface area (Å²) in [7, 11) is 0. The normalized spacial score (nSPS) is 23.6. The number of amides is 1. The first-order valence-corrected chi connectivity index (χ1v) is 7.76. The van der Waals surface area contributed by atoms with Crippen LogP contribution in [-0.4, -0.2) is 42.8 Å². The van der Waals surface area contributed by atoms with Gasteiger partial charge in [-0.3, -0.25) is 10.1 Å². The minimum Gasteiger partial charge on any atom is -0.380 e. The molecule has 0 saturated carbocycles. The van der Waals surface area contributed by atoms with Gasteiger partial charge in [0.1, 0.15) is 0 Å². The van der Waals surface area contributed by atoms with Crippen LogP contribution in [0.25, 0.3) is 0 Å². The summed E-state index contributed by atoms with van der Waals surface area (Å²) in [4.78, 5) is 14.3. The average Bonchev–Trinajstić information content (AvgIpc) is 2.67. The van der Waals surface area contributed by atoms with Crippen LogP contribution in [0.1, 0.15) is 53.4 Å². The molecule has 19 heavy (non-hydrogen) atoms. The van der Waals surface area contributed by atoms with Crippen LogP contribution >= 0.6 is 0 Å². The quantitative estimate of drug-likeness (QED) is 0.654. The number of nitrogens with one attached hydrogen (secondary N) is 1. The predicted molar refractivity (Wildman–Crippen MR) is 77.9 cm³/mol. The zero-order valence-electron chi connectivity index (χ0n) is 12.9. The molecule has 4 nitrogen and oxygen atoms in total. The van der Waals surface area contributed by atoms with Crippen molar-refractivity contribution in [2.75, 3.05) is 19.8 Å². The van der Waals surface area contributed by atoms with E-state index in [0.29, 0.717) is 19.1 Å². The number of hydrogen-bond acceptors (Lipinski definition) is 3. The van der Waals surface area contributed by atoms with Crippen LogP contribution in [0.5, 0.6) is 0 Å². The lowest BCUT2D eigenvalue weighted by molar-refractivity contribution is -0.131. The van der Waals surface area contributed by atoms with Gasteiger partial charge in [-0.2, -0.15) is 0 Å². The predicted octanol–water partition coefficient (Wildman–Crippen LogP) is 2.39. The third-order valence-corrected chi connectivity index (χ3v) is 3.64. The fourth-order valence-corrected chi connectivity index (χ4v) is 2.47. The molecule has 112 valence electrons. The maximum Gasteiger partial charge on any atom is 0.241 e. The van der Waals surface area contributed by atoms with Crippen LogP contribution in [0.15, 0.2) is 0 Å². The highest BCUT2D eigenvalue weighted by Crippen LogP contribution is 2.19. The Labute approximate surface area is 117 Å². The van der Waals surface area contributed by atoms with E-state index < -0.39 is 0 Å². The summed E-state index contributed by atoms with van der Waals surface area (Å²) in [5.41, 5.74) is 0. The Hall–Kier alpha value is -0.610. The van der Waals surface area contributed by atoms with Gasteiger partial charge in [-0.05, 0) is 18.8 Å². The first kappa shape index (κ1) is 16.4. The van der Waals surface area contributed by atoms with Gasteiger partial charge in [-0.1, -0.05) is 40.5 Å². The lowest BCUT2D eigenvalue weighted by Crippen LogP contribution is -2.39. The molecule has 0 aliphatic carbocycles. The molecule has 0 aromatic rings. The van der Waals surface area contributed by atoms with Gasteiger partial charge < -0.3 is 9.64 Å². The summed E-state index contributed by atoms with van der Waals surface area (Å²) in [6.45, 7) is 10.7. The minimum atomic E-state index is -0.0211. The molecule has 1 rings (SSSR count). The molecule has 0 bridgehead atoms. The van der Waals surface area contributed by atoms with Crippen LogP contribution in [0.3, 0.4) is 0 Å². The van der Waals surface area contributed by atoms with Crippen molar-refractivity contribution in [1.82, 2.24) is 10.2 Å². The van der Waals surface area contributed by atoms with Crippen LogP contribution < -0.4 is 5.32 Å². The summed E-state index contributed by atoms with van der Waals surface area (Å²) in [6, 6.07) is -0.0211. The van der Waals surface area contributed by atoms with E-state index in [-0.39, 0.29) is 18.1 Å². The minimum absolute atomic E-state index is 0.0211. The molecule has 0 spiro atoms. The zero-order chi connectivity index (χ0) is 14.3. The highest BCUT2D eigenvalue weighted by molar-refractivity contribution is 5.84. The second kappa shape index (κ2) is 8.54. The smallest absolute Gasteiger partial charge is 0.241 e. The van der Waals surface area contributed by atoms with E-state index in [9.17, 15) is 4.79 Å². The van der Waals surface area contributed by atoms with Gasteiger partial charge in [-0.15, -0.1) is 0 Å². The molecule has 1 amide bonds. The van der Waals surface area contributed by atoms with E-state index in [2.05, 4.69) is 33.0 Å². The highest BCUT2D eigenvalue weighted by Gasteiger charge is 2.39. The van der Waals surface area contributed by atoms with Crippen molar-refractivity contribution in [2.24, 2.45) is 5.92 Å². The number of carbonyl (C=O) groups excluding carboxylic acids is 1. The van der Waals surface area contributed by atoms with Crippen LogP contribution in [0, 0.1) is 5.92 Å². The van der Waals surface area contributed by atoms with Crippen LogP contribution in [0.2, 0.25) is 0 Å². The third kappa shape index (κ3) is 4.77. The first-order chi connectivity index (χ1) is 9.11. The number of nitrogens with zero attached hydrogens (tertiary/aromatic N) is 1. The van der Waals surface area contributed by atoms with Gasteiger partial charge in [-0.25, -0.2) is 0 Å². The summed E-state index contributed by atoms with van der Waals surface area (Å²) in [6.07, 6.45) is 4.55. The molecule has 4 heteroatoms. The third-order valence-electron chi connectivity index (χ3n) is 3.64. The van der Waals surface area contributed by atoms with E-state index in [1.165, 1.54) is 0 Å². The molecule has 1 aliphatic heterocycles. The average molecular weight is 270 g/mol. The van der Waals surface area contributed by atoms with Crippen molar-refractivity contribution in [1.29, 1.82) is 0 Å². The van der Waals surface area contributed by atoms with E-state index in [1.54, 1.807) is 0 Å². The van der Waals surface area contributed by atoms with E-state index in [4.69, 9.17) is 4.74 Å². The molecular weight excluding hydrogens is 240 g/mol. The fraction of sp³-hybridized carbons (Fsp3) is 0.933. The Bertz CT molecular complexity index is 269. The molecule has 1 fully saturated rings. The van der Waals surface area contributed by atoms with Crippen molar-refractivity contribution in [2.45, 2.75) is 65.6 Å². The maximum atomic E-state index is 12.4. The van der Waals surface area contributed by atoms with Gasteiger partial charge >= 0.3 is 0 Å². The molecule has 1 N–H and O–H groups in total. The molecular formula is C15H30N2O2. The number of hydrogen-bond donors (Lipinski definition) is 1. The van der Waals surface area contributed by atoms with Crippen LogP contribution in [0.4, 0.5) is 0 Å². The van der Waals surface area contributed by atoms with Crippen molar-refractivity contribution < 1.29 is 9.53 Å². The van der Waals surface area contributed by atoms with Gasteiger partial charge in [0.25, 0.3) is 0 Å². The monoisotopic (exact) mass is 270 g/mol. The van der Waals surface area contributed by atoms with E-state index in [1.807, 2.05) is 4.90 Å². The summed E-state index contributed by atoms with van der Waals surface area (Å²) >= 11 is 0. The van der Waals surface area contributed by atoms with Gasteiger partial charge in [0, 0.05) is 13.2 Å². The van der Waals surface area contributed by atoms with Crippen LogP contribution in [-0.2, 0) is 9.53 Å². The first-order valence-electron chi connectivity index (χ1n) is 7.76. The number of ether oxygens (including phenoxy) is 1. The lowest BCUT2D eigenvalue weighted by atomic mass is 10.1. The molecule has 1 heterocycles. The zero-order valence-corrected chi connectivity index (χ0v) is 12.9. The van der Waals surface area contributed by atoms with Gasteiger partial charge in [0.05, 0.1) is 18.8 Å². The second-order valence-electron chi connectivity index (χ2n) is 5.69. The number of unbranched alkanes of at least 4 members (excludes halogenated alkanes) is 1. The second-order valence-corrected chi connectivity index (χ2v) is 5.69. The largest absolute Gasteiger partial charge is 0.380 e. The molecule has 2 unspecified atom stereocenters. The molecule has 1 saturated heterocycles. The molecule has 0 radical (unpaired) electrons. The Morgan fingerprint density at radius 3 is 2.58 bits per heavy atom. The van der Waals surface area contributed by atoms with Crippen molar-refractivity contribution in [3.05, 3.63) is 0 Å². The lowest BCUT2D eigenvalue weighted by Gasteiger charge is -2.23. The molecule has 0 aromatic carbocycles. The van der Waals surface area contributed by atoms with Crippen molar-refractivity contribution in [3.63, 3.8) is 0 Å². The molecule has 1 aliphatic rings. The Balaban J connectivity index is 2.44. The van der Waals surface area contributed by atoms with Crippen molar-refractivity contribution >= 4 is 5.91 Å². The SMILES string of the molecule is CCCCOCCN1C(=O)C(C(C)C)NC1CCC. The van der Waals surface area contributed by atoms with E-state index >= 15 is 0 Å². The van der Waals surface area contributed by atoms with Gasteiger partial charge in [0.15, 0.2) is 0 Å². The highest BCUT2D eigenvalue weighted by atomic mass is 16.5. The summed E-state index contributed by atoms with van der Waals surface area (Å²) < 4.78 is 5.58. The summed E-state index contributed by atoms with van der Waals surface area (Å²) in [5, 5.41) is 3.46. The standard InChI is InChI=1S/C15H30N2O2/c1-5-7-10-19-11-9-17-13(8-6-2)16-14(12(3)4)15(17)18/h12-14,16H,5-11H2,1-4H3. The number of rotatable bonds is 9. The van der Waals surface area contributed by atoms with Crippen molar-refractivity contribution in [3.8, 4) is 0 Å². The Kier molecular flexibility index (Phi) is 7.39.